The van der Waals surface area contributed by atoms with Crippen LogP contribution in [0.15, 0.2) is 48.0 Å². The lowest BCUT2D eigenvalue weighted by atomic mass is 10.1. The first-order chi connectivity index (χ1) is 16.4. The van der Waals surface area contributed by atoms with E-state index < -0.39 is 5.91 Å². The van der Waals surface area contributed by atoms with E-state index in [0.717, 1.165) is 11.1 Å². The Balaban J connectivity index is 1.68. The van der Waals surface area contributed by atoms with Crippen molar-refractivity contribution in [3.8, 4) is 17.6 Å². The molecule has 0 saturated carbocycles. The van der Waals surface area contributed by atoms with Crippen LogP contribution in [0.1, 0.15) is 22.4 Å². The smallest absolute Gasteiger partial charge is 0.261 e. The van der Waals surface area contributed by atoms with Crippen LogP contribution in [0.5, 0.6) is 11.5 Å². The van der Waals surface area contributed by atoms with Crippen molar-refractivity contribution in [3.05, 3.63) is 80.6 Å². The molecule has 9 heteroatoms. The van der Waals surface area contributed by atoms with Gasteiger partial charge in [0.15, 0.2) is 11.5 Å². The first-order valence-electron chi connectivity index (χ1n) is 10.4. The number of ether oxygens (including phenoxy) is 2. The Kier molecular flexibility index (Phi) is 8.58. The summed E-state index contributed by atoms with van der Waals surface area (Å²) < 4.78 is 12.2. The van der Waals surface area contributed by atoms with E-state index in [0.29, 0.717) is 52.4 Å². The highest BCUT2D eigenvalue weighted by molar-refractivity contribution is 6.31. The molecule has 0 radical (unpaired) electrons. The first-order valence-corrected chi connectivity index (χ1v) is 11.2. The number of carbonyl (C=O) groups excluding carboxylic acids is 1. The van der Waals surface area contributed by atoms with Crippen molar-refractivity contribution in [2.75, 3.05) is 20.8 Å². The second-order valence-corrected chi connectivity index (χ2v) is 8.23. The van der Waals surface area contributed by atoms with Crippen LogP contribution in [0, 0.1) is 18.3 Å². The van der Waals surface area contributed by atoms with Crippen molar-refractivity contribution < 1.29 is 14.3 Å². The summed E-state index contributed by atoms with van der Waals surface area (Å²) in [6, 6.07) is 14.9. The molecule has 0 bridgehead atoms. The number of halogens is 2. The Labute approximate surface area is 208 Å². The van der Waals surface area contributed by atoms with Gasteiger partial charge in [0.05, 0.1) is 26.5 Å². The standard InChI is InChI=1S/C25H24Cl2N4O3/c1-16-21(24(27)31(30-16)15-18-4-7-20(26)8-5-18)13-19(14-28)25(32)29-11-10-17-6-9-22(33-2)23(12-17)34-3/h4-9,12-13H,10-11,15H2,1-3H3,(H,29,32)/b19-13-. The molecule has 0 aliphatic heterocycles. The van der Waals surface area contributed by atoms with E-state index in [2.05, 4.69) is 10.4 Å². The molecule has 0 atom stereocenters. The van der Waals surface area contributed by atoms with Gasteiger partial charge in [-0.15, -0.1) is 0 Å². The van der Waals surface area contributed by atoms with Crippen molar-refractivity contribution in [1.82, 2.24) is 15.1 Å². The van der Waals surface area contributed by atoms with Crippen LogP contribution >= 0.6 is 23.2 Å². The maximum Gasteiger partial charge on any atom is 0.261 e. The van der Waals surface area contributed by atoms with Gasteiger partial charge in [-0.25, -0.2) is 4.68 Å². The van der Waals surface area contributed by atoms with Crippen LogP contribution in [0.2, 0.25) is 10.2 Å². The average molecular weight is 499 g/mol. The van der Waals surface area contributed by atoms with Crippen LogP contribution in [0.4, 0.5) is 0 Å². The maximum atomic E-state index is 12.6. The summed E-state index contributed by atoms with van der Waals surface area (Å²) in [4.78, 5) is 12.6. The summed E-state index contributed by atoms with van der Waals surface area (Å²) in [6.07, 6.45) is 2.03. The number of rotatable bonds is 9. The highest BCUT2D eigenvalue weighted by Gasteiger charge is 2.16. The molecule has 0 aliphatic rings. The summed E-state index contributed by atoms with van der Waals surface area (Å²) in [5, 5.41) is 17.8. The molecule has 34 heavy (non-hydrogen) atoms. The van der Waals surface area contributed by atoms with Gasteiger partial charge in [-0.3, -0.25) is 4.79 Å². The van der Waals surface area contributed by atoms with Gasteiger partial charge in [0, 0.05) is 17.1 Å². The molecule has 0 saturated heterocycles. The molecule has 2 aromatic carbocycles. The van der Waals surface area contributed by atoms with E-state index >= 15 is 0 Å². The predicted molar refractivity (Wildman–Crippen MR) is 132 cm³/mol. The lowest BCUT2D eigenvalue weighted by molar-refractivity contribution is -0.117. The summed E-state index contributed by atoms with van der Waals surface area (Å²) in [6.45, 7) is 2.56. The van der Waals surface area contributed by atoms with Crippen LogP contribution in [-0.4, -0.2) is 36.5 Å². The zero-order valence-electron chi connectivity index (χ0n) is 19.1. The number of aryl methyl sites for hydroxylation is 1. The molecule has 0 unspecified atom stereocenters. The third-order valence-corrected chi connectivity index (χ3v) is 5.81. The number of nitrogens with one attached hydrogen (secondary N) is 1. The molecule has 7 nitrogen and oxygen atoms in total. The molecule has 1 aromatic heterocycles. The molecule has 0 spiro atoms. The minimum atomic E-state index is -0.483. The Morgan fingerprint density at radius 2 is 1.79 bits per heavy atom. The van der Waals surface area contributed by atoms with Gasteiger partial charge in [0.1, 0.15) is 16.8 Å². The van der Waals surface area contributed by atoms with E-state index in [1.54, 1.807) is 38.0 Å². The Morgan fingerprint density at radius 3 is 2.44 bits per heavy atom. The zero-order valence-corrected chi connectivity index (χ0v) is 20.6. The predicted octanol–water partition coefficient (Wildman–Crippen LogP) is 4.83. The number of nitrogens with zero attached hydrogens (tertiary/aromatic N) is 3. The van der Waals surface area contributed by atoms with E-state index in [1.165, 1.54) is 6.08 Å². The number of hydrogen-bond donors (Lipinski definition) is 1. The number of benzene rings is 2. The SMILES string of the molecule is COc1ccc(CCNC(=O)/C(C#N)=C\c2c(C)nn(Cc3ccc(Cl)cc3)c2Cl)cc1OC. The van der Waals surface area contributed by atoms with Crippen LogP contribution in [-0.2, 0) is 17.8 Å². The second-order valence-electron chi connectivity index (χ2n) is 7.44. The van der Waals surface area contributed by atoms with Crippen molar-refractivity contribution in [1.29, 1.82) is 5.26 Å². The van der Waals surface area contributed by atoms with Gasteiger partial charge in [-0.2, -0.15) is 10.4 Å². The van der Waals surface area contributed by atoms with Gasteiger partial charge < -0.3 is 14.8 Å². The van der Waals surface area contributed by atoms with Gasteiger partial charge >= 0.3 is 0 Å². The third-order valence-electron chi connectivity index (χ3n) is 5.16. The summed E-state index contributed by atoms with van der Waals surface area (Å²) >= 11 is 12.5. The number of amides is 1. The van der Waals surface area contributed by atoms with E-state index in [4.69, 9.17) is 32.7 Å². The van der Waals surface area contributed by atoms with Crippen molar-refractivity contribution in [2.45, 2.75) is 19.9 Å². The third kappa shape index (κ3) is 6.10. The summed E-state index contributed by atoms with van der Waals surface area (Å²) in [5.74, 6) is 0.766. The fourth-order valence-corrected chi connectivity index (χ4v) is 3.76. The zero-order chi connectivity index (χ0) is 24.7. The van der Waals surface area contributed by atoms with Crippen LogP contribution < -0.4 is 14.8 Å². The molecule has 3 rings (SSSR count). The maximum absolute atomic E-state index is 12.6. The van der Waals surface area contributed by atoms with Crippen LogP contribution in [0.3, 0.4) is 0 Å². The van der Waals surface area contributed by atoms with Gasteiger partial charge in [0.2, 0.25) is 0 Å². The van der Waals surface area contributed by atoms with Gasteiger partial charge in [0.25, 0.3) is 5.91 Å². The Morgan fingerprint density at radius 1 is 1.12 bits per heavy atom. The molecule has 1 N–H and O–H groups in total. The summed E-state index contributed by atoms with van der Waals surface area (Å²) in [5.41, 5.74) is 3.02. The van der Waals surface area contributed by atoms with E-state index in [-0.39, 0.29) is 5.57 Å². The fourth-order valence-electron chi connectivity index (χ4n) is 3.34. The molecule has 1 heterocycles. The number of hydrogen-bond acceptors (Lipinski definition) is 5. The van der Waals surface area contributed by atoms with E-state index in [9.17, 15) is 10.1 Å². The number of methoxy groups -OCH3 is 2. The summed E-state index contributed by atoms with van der Waals surface area (Å²) in [7, 11) is 3.14. The normalized spacial score (nSPS) is 11.1. The average Bonchev–Trinajstić information content (AvgIpc) is 3.10. The lowest BCUT2D eigenvalue weighted by Crippen LogP contribution is -2.26. The molecule has 0 aliphatic carbocycles. The van der Waals surface area contributed by atoms with Crippen molar-refractivity contribution in [2.24, 2.45) is 0 Å². The number of carbonyl (C=O) groups is 1. The first kappa shape index (κ1) is 25.2. The molecular formula is C25H24Cl2N4O3. The van der Waals surface area contributed by atoms with Gasteiger partial charge in [-0.05, 0) is 54.8 Å². The molecule has 176 valence electrons. The van der Waals surface area contributed by atoms with Crippen molar-refractivity contribution in [3.63, 3.8) is 0 Å². The van der Waals surface area contributed by atoms with Gasteiger partial charge in [-0.1, -0.05) is 41.4 Å². The molecule has 3 aromatic rings. The largest absolute Gasteiger partial charge is 0.493 e. The van der Waals surface area contributed by atoms with Crippen molar-refractivity contribution >= 4 is 35.2 Å². The minimum absolute atomic E-state index is 0.0524. The quantitative estimate of drug-likeness (QED) is 0.337. The minimum Gasteiger partial charge on any atom is -0.493 e. The fraction of sp³-hybridized carbons (Fsp3) is 0.240. The monoisotopic (exact) mass is 498 g/mol. The number of aromatic nitrogens is 2. The Bertz CT molecular complexity index is 1240. The van der Waals surface area contributed by atoms with Crippen LogP contribution in [0.25, 0.3) is 6.08 Å². The number of nitriles is 1. The topological polar surface area (TPSA) is 89.2 Å². The molecular weight excluding hydrogens is 475 g/mol. The highest BCUT2D eigenvalue weighted by Crippen LogP contribution is 2.28. The second kappa shape index (κ2) is 11.6. The molecule has 0 fully saturated rings. The lowest BCUT2D eigenvalue weighted by Gasteiger charge is -2.10. The Hall–Kier alpha value is -3.47. The molecule has 1 amide bonds. The highest BCUT2D eigenvalue weighted by atomic mass is 35.5. The van der Waals surface area contributed by atoms with E-state index in [1.807, 2.05) is 36.4 Å².